The molecule has 1 aromatic heterocycles. The minimum atomic E-state index is -0.0988. The molecule has 4 aliphatic heterocycles. The van der Waals surface area contributed by atoms with Crippen LogP contribution in [0.5, 0.6) is 17.2 Å². The third kappa shape index (κ3) is 12.0. The van der Waals surface area contributed by atoms with Gasteiger partial charge in [-0.1, -0.05) is 36.4 Å². The summed E-state index contributed by atoms with van der Waals surface area (Å²) in [5, 5.41) is 9.79. The second-order valence-corrected chi connectivity index (χ2v) is 18.5. The van der Waals surface area contributed by atoms with Crippen molar-refractivity contribution >= 4 is 0 Å². The molecule has 332 valence electrons. The van der Waals surface area contributed by atoms with Gasteiger partial charge in [-0.25, -0.2) is 4.98 Å². The third-order valence-corrected chi connectivity index (χ3v) is 13.8. The van der Waals surface area contributed by atoms with Crippen LogP contribution in [0.2, 0.25) is 0 Å². The maximum Gasteiger partial charge on any atom is 0.119 e. The number of nitrogens with zero attached hydrogens (tertiary/aromatic N) is 4. The number of rotatable bonds is 15. The lowest BCUT2D eigenvalue weighted by Gasteiger charge is -2.40. The zero-order chi connectivity index (χ0) is 42.7. The van der Waals surface area contributed by atoms with E-state index in [2.05, 4.69) is 109 Å². The number of hydrogen-bond donors (Lipinski definition) is 2. The number of ether oxygens (including phenoxy) is 4. The Hall–Kier alpha value is -3.93. The van der Waals surface area contributed by atoms with Crippen molar-refractivity contribution in [3.8, 4) is 17.2 Å². The molecule has 10 heteroatoms. The summed E-state index contributed by atoms with van der Waals surface area (Å²) in [6, 6.07) is 25.7. The van der Waals surface area contributed by atoms with E-state index in [9.17, 15) is 5.11 Å². The van der Waals surface area contributed by atoms with E-state index < -0.39 is 0 Å². The number of aryl methyl sites for hydroxylation is 2. The van der Waals surface area contributed by atoms with Gasteiger partial charge in [0, 0.05) is 76.3 Å². The number of hydrogen-bond acceptors (Lipinski definition) is 9. The monoisotopic (exact) mass is 836 g/mol. The number of phenolic OH excluding ortho intramolecular Hbond substituents is 1. The summed E-state index contributed by atoms with van der Waals surface area (Å²) < 4.78 is 23.7. The molecular weight excluding hydrogens is 763 g/mol. The summed E-state index contributed by atoms with van der Waals surface area (Å²) in [6.45, 7) is 20.3. The zero-order valence-corrected chi connectivity index (χ0v) is 37.8. The van der Waals surface area contributed by atoms with Crippen molar-refractivity contribution in [2.45, 2.75) is 115 Å². The van der Waals surface area contributed by atoms with Crippen LogP contribution in [0.4, 0.5) is 0 Å². The Labute approximate surface area is 365 Å². The molecule has 8 rings (SSSR count). The Morgan fingerprint density at radius 1 is 0.836 bits per heavy atom. The van der Waals surface area contributed by atoms with Gasteiger partial charge in [-0.05, 0) is 159 Å². The van der Waals surface area contributed by atoms with Crippen molar-refractivity contribution in [2.24, 2.45) is 0 Å². The van der Waals surface area contributed by atoms with Crippen molar-refractivity contribution in [3.05, 3.63) is 107 Å². The van der Waals surface area contributed by atoms with Gasteiger partial charge in [-0.3, -0.25) is 0 Å². The second kappa shape index (κ2) is 21.4. The van der Waals surface area contributed by atoms with Gasteiger partial charge in [-0.15, -0.1) is 0 Å². The fraction of sp³-hybridized carbons (Fsp3) is 0.588. The predicted octanol–water partition coefficient (Wildman–Crippen LogP) is 8.81. The Bertz CT molecular complexity index is 1880. The molecule has 0 spiro atoms. The van der Waals surface area contributed by atoms with Gasteiger partial charge < -0.3 is 43.7 Å². The maximum atomic E-state index is 9.79. The van der Waals surface area contributed by atoms with Crippen molar-refractivity contribution in [3.63, 3.8) is 0 Å². The van der Waals surface area contributed by atoms with Crippen LogP contribution in [0.3, 0.4) is 0 Å². The molecule has 4 aliphatic rings. The predicted molar refractivity (Wildman–Crippen MR) is 244 cm³/mol. The molecule has 0 radical (unpaired) electrons. The summed E-state index contributed by atoms with van der Waals surface area (Å²) >= 11 is 0. The number of benzene rings is 3. The first-order valence-electron chi connectivity index (χ1n) is 23.2. The molecule has 3 aromatic carbocycles. The Morgan fingerprint density at radius 3 is 2.10 bits per heavy atom. The van der Waals surface area contributed by atoms with Crippen molar-refractivity contribution in [2.75, 3.05) is 79.4 Å². The van der Waals surface area contributed by atoms with E-state index in [1.54, 1.807) is 6.07 Å². The average molecular weight is 836 g/mol. The van der Waals surface area contributed by atoms with Gasteiger partial charge in [0.2, 0.25) is 0 Å². The normalized spacial score (nSPS) is 19.8. The van der Waals surface area contributed by atoms with Crippen molar-refractivity contribution in [1.29, 1.82) is 0 Å². The fourth-order valence-corrected chi connectivity index (χ4v) is 9.94. The van der Waals surface area contributed by atoms with Gasteiger partial charge >= 0.3 is 0 Å². The fourth-order valence-electron chi connectivity index (χ4n) is 9.94. The first-order chi connectivity index (χ1) is 29.6. The minimum Gasteiger partial charge on any atom is -0.508 e. The average Bonchev–Trinajstić information content (AvgIpc) is 3.93. The van der Waals surface area contributed by atoms with E-state index in [-0.39, 0.29) is 10.8 Å². The topological polar surface area (TPSA) is 95.6 Å². The molecule has 0 saturated carbocycles. The lowest BCUT2D eigenvalue weighted by atomic mass is 9.73. The standard InChI is InChI=1S/C27H38N2O3.C24H35N3O2/c1-28(21-23-6-4-7-25(30)20-23)22-27(12-18-31-19-13-27)24-8-10-26(11-9-24)32-17-5-16-29-14-2-3-15-29;1-17(2)27-13-9-22(10-14-27)29-21-7-5-20(6-8-21)24(11-15-28-16-12-24)23-25-18(3)19(4)26-23/h4,6-11,20,30H,2-3,5,12-19,21-22H2,1H3;5-8,17,22H,9-16H2,1-4H3,(H,25,26). The molecule has 4 saturated heterocycles. The second-order valence-electron chi connectivity index (χ2n) is 18.5. The Kier molecular flexibility index (Phi) is 15.8. The van der Waals surface area contributed by atoms with Gasteiger partial charge in [0.15, 0.2) is 0 Å². The van der Waals surface area contributed by atoms with Crippen LogP contribution in [-0.2, 0) is 26.8 Å². The number of H-pyrrole nitrogens is 1. The number of aromatic hydroxyl groups is 1. The SMILES string of the molecule is CN(Cc1cccc(O)c1)CC1(c2ccc(OCCCN3CCCC3)cc2)CCOCC1.Cc1nc(C2(c3ccc(OC4CCN(C(C)C)CC4)cc3)CCOCC2)[nH]c1C. The summed E-state index contributed by atoms with van der Waals surface area (Å²) in [5.41, 5.74) is 6.02. The first kappa shape index (κ1) is 45.1. The highest BCUT2D eigenvalue weighted by Crippen LogP contribution is 2.41. The Morgan fingerprint density at radius 2 is 1.48 bits per heavy atom. The summed E-state index contributed by atoms with van der Waals surface area (Å²) in [4.78, 5) is 15.9. The number of aromatic nitrogens is 2. The number of piperidine rings is 1. The maximum absolute atomic E-state index is 9.79. The number of likely N-dealkylation sites (N-methyl/N-ethyl adjacent to an activating group) is 1. The number of phenols is 1. The van der Waals surface area contributed by atoms with Gasteiger partial charge in [-0.2, -0.15) is 0 Å². The molecule has 4 aromatic rings. The highest BCUT2D eigenvalue weighted by molar-refractivity contribution is 5.39. The van der Waals surface area contributed by atoms with Crippen LogP contribution in [-0.4, -0.2) is 121 Å². The molecule has 0 bridgehead atoms. The molecule has 2 N–H and O–H groups in total. The summed E-state index contributed by atoms with van der Waals surface area (Å²) in [7, 11) is 2.17. The van der Waals surface area contributed by atoms with E-state index in [0.717, 1.165) is 145 Å². The van der Waals surface area contributed by atoms with Crippen LogP contribution in [0.15, 0.2) is 72.8 Å². The molecule has 0 aliphatic carbocycles. The van der Waals surface area contributed by atoms with Crippen LogP contribution >= 0.6 is 0 Å². The van der Waals surface area contributed by atoms with E-state index in [4.69, 9.17) is 23.9 Å². The van der Waals surface area contributed by atoms with Crippen molar-refractivity contribution < 1.29 is 24.1 Å². The molecule has 4 fully saturated rings. The number of likely N-dealkylation sites (tertiary alicyclic amines) is 2. The van der Waals surface area contributed by atoms with Gasteiger partial charge in [0.25, 0.3) is 0 Å². The largest absolute Gasteiger partial charge is 0.508 e. The van der Waals surface area contributed by atoms with E-state index in [1.807, 2.05) is 12.1 Å². The van der Waals surface area contributed by atoms with E-state index in [0.29, 0.717) is 17.9 Å². The quantitative estimate of drug-likeness (QED) is 0.114. The molecule has 0 amide bonds. The molecule has 5 heterocycles. The number of nitrogens with one attached hydrogen (secondary N) is 1. The van der Waals surface area contributed by atoms with Crippen LogP contribution in [0.1, 0.15) is 106 Å². The Balaban J connectivity index is 0.000000185. The smallest absolute Gasteiger partial charge is 0.119 e. The van der Waals surface area contributed by atoms with Crippen LogP contribution < -0.4 is 9.47 Å². The lowest BCUT2D eigenvalue weighted by Crippen LogP contribution is -2.43. The summed E-state index contributed by atoms with van der Waals surface area (Å²) in [5.74, 6) is 3.34. The van der Waals surface area contributed by atoms with Crippen LogP contribution in [0.25, 0.3) is 0 Å². The molecule has 10 nitrogen and oxygen atoms in total. The summed E-state index contributed by atoms with van der Waals surface area (Å²) in [6.07, 6.45) is 10.3. The minimum absolute atomic E-state index is 0.0815. The molecule has 61 heavy (non-hydrogen) atoms. The highest BCUT2D eigenvalue weighted by Gasteiger charge is 2.39. The lowest BCUT2D eigenvalue weighted by molar-refractivity contribution is 0.0364. The van der Waals surface area contributed by atoms with E-state index >= 15 is 0 Å². The molecule has 0 atom stereocenters. The number of aromatic amines is 1. The molecule has 0 unspecified atom stereocenters. The van der Waals surface area contributed by atoms with Crippen molar-refractivity contribution in [1.82, 2.24) is 24.7 Å². The van der Waals surface area contributed by atoms with Gasteiger partial charge in [0.05, 0.1) is 17.7 Å². The molecular formula is C51H73N5O5. The van der Waals surface area contributed by atoms with E-state index in [1.165, 1.54) is 37.1 Å². The zero-order valence-electron chi connectivity index (χ0n) is 37.8. The third-order valence-electron chi connectivity index (χ3n) is 13.8. The first-order valence-corrected chi connectivity index (χ1v) is 23.2. The number of imidazole rings is 1. The van der Waals surface area contributed by atoms with Gasteiger partial charge in [0.1, 0.15) is 29.2 Å². The van der Waals surface area contributed by atoms with Crippen LogP contribution in [0, 0.1) is 13.8 Å². The highest BCUT2D eigenvalue weighted by atomic mass is 16.5.